The molecule has 7 heteroatoms. The van der Waals surface area contributed by atoms with Gasteiger partial charge in [0.2, 0.25) is 5.88 Å². The number of urea groups is 1. The molecule has 94 valence electrons. The van der Waals surface area contributed by atoms with E-state index in [9.17, 15) is 4.79 Å². The summed E-state index contributed by atoms with van der Waals surface area (Å²) in [6.45, 7) is 4.80. The minimum atomic E-state index is -0.543. The van der Waals surface area contributed by atoms with Gasteiger partial charge < -0.3 is 21.1 Å². The second kappa shape index (κ2) is 6.51. The summed E-state index contributed by atoms with van der Waals surface area (Å²) < 4.78 is 5.42. The Kier molecular flexibility index (Phi) is 4.99. The molecule has 0 aliphatic carbocycles. The van der Waals surface area contributed by atoms with E-state index >= 15 is 0 Å². The van der Waals surface area contributed by atoms with Gasteiger partial charge in [-0.2, -0.15) is 0 Å². The summed E-state index contributed by atoms with van der Waals surface area (Å²) in [5.74, 6) is 1.15. The molecule has 1 aromatic rings. The van der Waals surface area contributed by atoms with Crippen molar-refractivity contribution >= 4 is 11.8 Å². The van der Waals surface area contributed by atoms with Crippen LogP contribution in [0.25, 0.3) is 0 Å². The minimum absolute atomic E-state index is 0.0641. The molecule has 7 nitrogen and oxygen atoms in total. The van der Waals surface area contributed by atoms with Crippen LogP contribution in [-0.2, 0) is 0 Å². The largest absolute Gasteiger partial charge is 0.475 e. The monoisotopic (exact) mass is 239 g/mol. The number of aromatic nitrogens is 2. The van der Waals surface area contributed by atoms with E-state index in [1.54, 1.807) is 6.07 Å². The van der Waals surface area contributed by atoms with Crippen molar-refractivity contribution in [1.29, 1.82) is 0 Å². The van der Waals surface area contributed by atoms with Gasteiger partial charge in [-0.05, 0) is 13.8 Å². The molecule has 0 aromatic carbocycles. The smallest absolute Gasteiger partial charge is 0.312 e. The minimum Gasteiger partial charge on any atom is -0.475 e. The third-order valence-electron chi connectivity index (χ3n) is 1.73. The van der Waals surface area contributed by atoms with Gasteiger partial charge in [0, 0.05) is 19.2 Å². The average Bonchev–Trinajstić information content (AvgIpc) is 2.24. The van der Waals surface area contributed by atoms with E-state index < -0.39 is 6.03 Å². The van der Waals surface area contributed by atoms with Crippen LogP contribution in [0, 0.1) is 0 Å². The molecule has 1 heterocycles. The molecule has 1 aromatic heterocycles. The molecule has 1 rings (SSSR count). The molecule has 17 heavy (non-hydrogen) atoms. The van der Waals surface area contributed by atoms with Crippen LogP contribution in [0.3, 0.4) is 0 Å². The number of hydrogen-bond acceptors (Lipinski definition) is 5. The van der Waals surface area contributed by atoms with Gasteiger partial charge >= 0.3 is 6.03 Å². The lowest BCUT2D eigenvalue weighted by atomic mass is 10.4. The molecule has 0 spiro atoms. The molecule has 0 saturated heterocycles. The van der Waals surface area contributed by atoms with Crippen LogP contribution >= 0.6 is 0 Å². The van der Waals surface area contributed by atoms with Crippen molar-refractivity contribution in [2.45, 2.75) is 20.0 Å². The molecule has 0 radical (unpaired) electrons. The normalized spacial score (nSPS) is 10.1. The molecule has 0 saturated carbocycles. The molecule has 0 unspecified atom stereocenters. The predicted molar refractivity (Wildman–Crippen MR) is 63.9 cm³/mol. The van der Waals surface area contributed by atoms with E-state index in [4.69, 9.17) is 10.5 Å². The zero-order valence-electron chi connectivity index (χ0n) is 9.93. The maximum absolute atomic E-state index is 10.4. The van der Waals surface area contributed by atoms with E-state index in [-0.39, 0.29) is 6.10 Å². The Morgan fingerprint density at radius 2 is 2.24 bits per heavy atom. The van der Waals surface area contributed by atoms with E-state index in [1.165, 1.54) is 6.33 Å². The molecule has 0 atom stereocenters. The Balaban J connectivity index is 2.40. The van der Waals surface area contributed by atoms with Crippen LogP contribution in [0.15, 0.2) is 12.4 Å². The first-order chi connectivity index (χ1) is 8.08. The zero-order chi connectivity index (χ0) is 12.7. The average molecular weight is 239 g/mol. The van der Waals surface area contributed by atoms with Crippen molar-refractivity contribution < 1.29 is 9.53 Å². The number of rotatable bonds is 6. The molecule has 0 fully saturated rings. The number of ether oxygens (including phenoxy) is 1. The third-order valence-corrected chi connectivity index (χ3v) is 1.73. The highest BCUT2D eigenvalue weighted by Crippen LogP contribution is 2.11. The lowest BCUT2D eigenvalue weighted by Gasteiger charge is -2.10. The standard InChI is InChI=1S/C10H17N5O2/c1-7(2)17-9-5-8(14-6-15-9)12-3-4-13-10(11)16/h5-7H,3-4H2,1-2H3,(H3,11,13,16)(H,12,14,15). The van der Waals surface area contributed by atoms with Crippen LogP contribution in [0.1, 0.15) is 13.8 Å². The lowest BCUT2D eigenvalue weighted by Crippen LogP contribution is -2.33. The molecule has 0 bridgehead atoms. The summed E-state index contributed by atoms with van der Waals surface area (Å²) in [5.41, 5.74) is 4.93. The van der Waals surface area contributed by atoms with Crippen molar-refractivity contribution in [1.82, 2.24) is 15.3 Å². The number of hydrogen-bond donors (Lipinski definition) is 3. The first-order valence-corrected chi connectivity index (χ1v) is 5.34. The topological polar surface area (TPSA) is 102 Å². The molecular formula is C10H17N5O2. The third kappa shape index (κ3) is 5.55. The molecule has 2 amide bonds. The van der Waals surface area contributed by atoms with Gasteiger partial charge in [0.15, 0.2) is 0 Å². The Hall–Kier alpha value is -2.05. The van der Waals surface area contributed by atoms with Crippen molar-refractivity contribution in [2.24, 2.45) is 5.73 Å². The van der Waals surface area contributed by atoms with Gasteiger partial charge in [0.05, 0.1) is 6.10 Å². The van der Waals surface area contributed by atoms with Crippen LogP contribution in [0.5, 0.6) is 5.88 Å². The summed E-state index contributed by atoms with van der Waals surface area (Å²) in [5, 5.41) is 5.48. The number of nitrogens with one attached hydrogen (secondary N) is 2. The number of nitrogens with two attached hydrogens (primary N) is 1. The number of amides is 2. The van der Waals surface area contributed by atoms with Crippen LogP contribution in [-0.4, -0.2) is 35.2 Å². The Labute approximate surface area is 99.8 Å². The zero-order valence-corrected chi connectivity index (χ0v) is 9.93. The number of carbonyl (C=O) groups is 1. The van der Waals surface area contributed by atoms with Crippen molar-refractivity contribution in [3.05, 3.63) is 12.4 Å². The fourth-order valence-electron chi connectivity index (χ4n) is 1.12. The summed E-state index contributed by atoms with van der Waals surface area (Å²) >= 11 is 0. The van der Waals surface area contributed by atoms with E-state index in [1.807, 2.05) is 13.8 Å². The van der Waals surface area contributed by atoms with Crippen molar-refractivity contribution in [3.63, 3.8) is 0 Å². The number of primary amides is 1. The molecule has 0 aliphatic rings. The quantitative estimate of drug-likeness (QED) is 0.621. The molecule has 4 N–H and O–H groups in total. The SMILES string of the molecule is CC(C)Oc1cc(NCCNC(N)=O)ncn1. The summed E-state index contributed by atoms with van der Waals surface area (Å²) in [7, 11) is 0. The highest BCUT2D eigenvalue weighted by Gasteiger charge is 2.01. The lowest BCUT2D eigenvalue weighted by molar-refractivity contribution is 0.232. The predicted octanol–water partition coefficient (Wildman–Crippen LogP) is 0.344. The highest BCUT2D eigenvalue weighted by molar-refractivity contribution is 5.71. The van der Waals surface area contributed by atoms with Gasteiger partial charge in [-0.25, -0.2) is 14.8 Å². The van der Waals surface area contributed by atoms with Gasteiger partial charge in [0.1, 0.15) is 12.1 Å². The summed E-state index contributed by atoms with van der Waals surface area (Å²) in [4.78, 5) is 18.4. The van der Waals surface area contributed by atoms with Crippen LogP contribution in [0.2, 0.25) is 0 Å². The molecular weight excluding hydrogens is 222 g/mol. The van der Waals surface area contributed by atoms with Crippen LogP contribution in [0.4, 0.5) is 10.6 Å². The van der Waals surface area contributed by atoms with Gasteiger partial charge in [-0.3, -0.25) is 0 Å². The first-order valence-electron chi connectivity index (χ1n) is 5.34. The van der Waals surface area contributed by atoms with Gasteiger partial charge in [0.25, 0.3) is 0 Å². The van der Waals surface area contributed by atoms with Gasteiger partial charge in [-0.1, -0.05) is 0 Å². The maximum Gasteiger partial charge on any atom is 0.312 e. The second-order valence-corrected chi connectivity index (χ2v) is 3.63. The van der Waals surface area contributed by atoms with Gasteiger partial charge in [-0.15, -0.1) is 0 Å². The Morgan fingerprint density at radius 3 is 2.88 bits per heavy atom. The van der Waals surface area contributed by atoms with E-state index in [0.29, 0.717) is 24.8 Å². The number of nitrogens with zero attached hydrogens (tertiary/aromatic N) is 2. The van der Waals surface area contributed by atoms with Crippen molar-refractivity contribution in [3.8, 4) is 5.88 Å². The first kappa shape index (κ1) is 13.0. The summed E-state index contributed by atoms with van der Waals surface area (Å²) in [6.07, 6.45) is 1.48. The maximum atomic E-state index is 10.4. The van der Waals surface area contributed by atoms with Crippen LogP contribution < -0.4 is 21.1 Å². The van der Waals surface area contributed by atoms with E-state index in [0.717, 1.165) is 0 Å². The number of anilines is 1. The fraction of sp³-hybridized carbons (Fsp3) is 0.500. The van der Waals surface area contributed by atoms with Crippen molar-refractivity contribution in [2.75, 3.05) is 18.4 Å². The summed E-state index contributed by atoms with van der Waals surface area (Å²) in [6, 6.07) is 1.16. The Bertz CT molecular complexity index is 369. The Morgan fingerprint density at radius 1 is 1.47 bits per heavy atom. The highest BCUT2D eigenvalue weighted by atomic mass is 16.5. The molecule has 0 aliphatic heterocycles. The second-order valence-electron chi connectivity index (χ2n) is 3.63. The number of carbonyl (C=O) groups excluding carboxylic acids is 1. The van der Waals surface area contributed by atoms with E-state index in [2.05, 4.69) is 20.6 Å². The fourth-order valence-corrected chi connectivity index (χ4v) is 1.12.